The molecule has 3 rings (SSSR count). The Morgan fingerprint density at radius 2 is 2.17 bits per heavy atom. The number of hydrogen-bond acceptors (Lipinski definition) is 7. The van der Waals surface area contributed by atoms with Gasteiger partial charge >= 0.3 is 5.97 Å². The molecule has 2 heterocycles. The lowest BCUT2D eigenvalue weighted by atomic mass is 10.2. The Bertz CT molecular complexity index is 774. The van der Waals surface area contributed by atoms with Gasteiger partial charge in [0, 0.05) is 23.6 Å². The molecule has 9 heteroatoms. The average molecular weight is 369 g/mol. The Hall–Kier alpha value is -1.96. The van der Waals surface area contributed by atoms with Crippen LogP contribution in [0.25, 0.3) is 11.4 Å². The molecule has 0 amide bonds. The SMILES string of the molecule is COC(=O)[C@@H]1C[C@@H](O)CN1c1ncnc(-c2cc(Cl)ccc2Cl)n1. The summed E-state index contributed by atoms with van der Waals surface area (Å²) in [6, 6.07) is 4.33. The van der Waals surface area contributed by atoms with Crippen molar-refractivity contribution in [1.29, 1.82) is 0 Å². The first kappa shape index (κ1) is 16.9. The summed E-state index contributed by atoms with van der Waals surface area (Å²) in [7, 11) is 1.30. The van der Waals surface area contributed by atoms with E-state index in [1.54, 1.807) is 23.1 Å². The second kappa shape index (κ2) is 6.88. The molecule has 0 saturated carbocycles. The maximum atomic E-state index is 11.9. The Morgan fingerprint density at radius 3 is 2.92 bits per heavy atom. The molecular formula is C15H14Cl2N4O3. The van der Waals surface area contributed by atoms with Gasteiger partial charge in [-0.2, -0.15) is 4.98 Å². The van der Waals surface area contributed by atoms with Crippen LogP contribution in [0.2, 0.25) is 10.0 Å². The van der Waals surface area contributed by atoms with Gasteiger partial charge in [-0.15, -0.1) is 0 Å². The van der Waals surface area contributed by atoms with Gasteiger partial charge in [-0.1, -0.05) is 23.2 Å². The van der Waals surface area contributed by atoms with Crippen molar-refractivity contribution in [1.82, 2.24) is 15.0 Å². The Kier molecular flexibility index (Phi) is 4.84. The van der Waals surface area contributed by atoms with Gasteiger partial charge in [-0.05, 0) is 18.2 Å². The lowest BCUT2D eigenvalue weighted by Gasteiger charge is -2.22. The monoisotopic (exact) mass is 368 g/mol. The fourth-order valence-corrected chi connectivity index (χ4v) is 2.99. The number of benzene rings is 1. The van der Waals surface area contributed by atoms with E-state index in [0.717, 1.165) is 0 Å². The number of ether oxygens (including phenoxy) is 1. The Balaban J connectivity index is 1.98. The Morgan fingerprint density at radius 1 is 1.38 bits per heavy atom. The van der Waals surface area contributed by atoms with Gasteiger partial charge in [-0.3, -0.25) is 0 Å². The van der Waals surface area contributed by atoms with Crippen LogP contribution < -0.4 is 4.90 Å². The summed E-state index contributed by atoms with van der Waals surface area (Å²) in [5.41, 5.74) is 0.558. The first-order valence-corrected chi connectivity index (χ1v) is 7.92. The van der Waals surface area contributed by atoms with E-state index in [-0.39, 0.29) is 18.9 Å². The molecule has 2 atom stereocenters. The van der Waals surface area contributed by atoms with Gasteiger partial charge in [0.2, 0.25) is 5.95 Å². The predicted octanol–water partition coefficient (Wildman–Crippen LogP) is 1.96. The van der Waals surface area contributed by atoms with E-state index in [4.69, 9.17) is 27.9 Å². The smallest absolute Gasteiger partial charge is 0.328 e. The minimum absolute atomic E-state index is 0.229. The van der Waals surface area contributed by atoms with Crippen LogP contribution in [0.15, 0.2) is 24.5 Å². The lowest BCUT2D eigenvalue weighted by Crippen LogP contribution is -2.38. The number of anilines is 1. The summed E-state index contributed by atoms with van der Waals surface area (Å²) in [6.07, 6.45) is 0.920. The van der Waals surface area contributed by atoms with E-state index in [1.165, 1.54) is 13.4 Å². The zero-order valence-electron chi connectivity index (χ0n) is 12.7. The van der Waals surface area contributed by atoms with Crippen molar-refractivity contribution in [3.8, 4) is 11.4 Å². The first-order valence-electron chi connectivity index (χ1n) is 7.16. The molecule has 24 heavy (non-hydrogen) atoms. The third-order valence-corrected chi connectivity index (χ3v) is 4.30. The van der Waals surface area contributed by atoms with E-state index >= 15 is 0 Å². The molecule has 1 aromatic carbocycles. The van der Waals surface area contributed by atoms with Crippen molar-refractivity contribution >= 4 is 35.1 Å². The van der Waals surface area contributed by atoms with Crippen molar-refractivity contribution in [2.24, 2.45) is 0 Å². The molecule has 2 aromatic rings. The van der Waals surface area contributed by atoms with Gasteiger partial charge in [0.15, 0.2) is 5.82 Å². The van der Waals surface area contributed by atoms with Gasteiger partial charge in [0.05, 0.1) is 18.2 Å². The van der Waals surface area contributed by atoms with E-state index in [1.807, 2.05) is 0 Å². The van der Waals surface area contributed by atoms with Crippen LogP contribution in [-0.2, 0) is 9.53 Å². The summed E-state index contributed by atoms with van der Waals surface area (Å²) < 4.78 is 4.78. The molecule has 0 bridgehead atoms. The van der Waals surface area contributed by atoms with Crippen molar-refractivity contribution in [2.45, 2.75) is 18.6 Å². The van der Waals surface area contributed by atoms with Crippen LogP contribution in [0.5, 0.6) is 0 Å². The number of halogens is 2. The molecule has 1 aliphatic rings. The predicted molar refractivity (Wildman–Crippen MR) is 89.1 cm³/mol. The van der Waals surface area contributed by atoms with Crippen LogP contribution in [-0.4, -0.2) is 51.8 Å². The molecule has 1 aliphatic heterocycles. The van der Waals surface area contributed by atoms with Crippen LogP contribution in [0.3, 0.4) is 0 Å². The highest BCUT2D eigenvalue weighted by molar-refractivity contribution is 6.35. The van der Waals surface area contributed by atoms with Crippen LogP contribution in [0.4, 0.5) is 5.95 Å². The fraction of sp³-hybridized carbons (Fsp3) is 0.333. The summed E-state index contributed by atoms with van der Waals surface area (Å²) in [4.78, 5) is 26.1. The molecule has 1 aromatic heterocycles. The molecule has 1 fully saturated rings. The van der Waals surface area contributed by atoms with E-state index in [0.29, 0.717) is 21.4 Å². The third kappa shape index (κ3) is 3.28. The number of aliphatic hydroxyl groups is 1. The van der Waals surface area contributed by atoms with Gasteiger partial charge in [0.1, 0.15) is 12.4 Å². The molecule has 1 N–H and O–H groups in total. The molecule has 7 nitrogen and oxygen atoms in total. The third-order valence-electron chi connectivity index (χ3n) is 3.74. The minimum Gasteiger partial charge on any atom is -0.467 e. The van der Waals surface area contributed by atoms with Crippen LogP contribution in [0, 0.1) is 0 Å². The average Bonchev–Trinajstić information content (AvgIpc) is 2.98. The van der Waals surface area contributed by atoms with Crippen molar-refractivity contribution < 1.29 is 14.6 Å². The number of aromatic nitrogens is 3. The molecule has 0 radical (unpaired) electrons. The van der Waals surface area contributed by atoms with Gasteiger partial charge in [-0.25, -0.2) is 14.8 Å². The van der Waals surface area contributed by atoms with Crippen LogP contribution >= 0.6 is 23.2 Å². The topological polar surface area (TPSA) is 88.4 Å². The normalized spacial score (nSPS) is 20.2. The highest BCUT2D eigenvalue weighted by Crippen LogP contribution is 2.30. The standard InChI is InChI=1S/C15H14Cl2N4O3/c1-24-14(23)12-5-9(22)6-21(12)15-19-7-18-13(20-15)10-4-8(16)2-3-11(10)17/h2-4,7,9,12,22H,5-6H2,1H3/t9-,12+/m1/s1. The van der Waals surface area contributed by atoms with Crippen molar-refractivity contribution in [3.63, 3.8) is 0 Å². The van der Waals surface area contributed by atoms with Gasteiger partial charge in [0.25, 0.3) is 0 Å². The summed E-state index contributed by atoms with van der Waals surface area (Å²) >= 11 is 12.2. The minimum atomic E-state index is -0.663. The van der Waals surface area contributed by atoms with Crippen LogP contribution in [0.1, 0.15) is 6.42 Å². The molecule has 0 unspecified atom stereocenters. The number of esters is 1. The number of aliphatic hydroxyl groups excluding tert-OH is 1. The van der Waals surface area contributed by atoms with Crippen molar-refractivity contribution in [3.05, 3.63) is 34.6 Å². The van der Waals surface area contributed by atoms with Crippen molar-refractivity contribution in [2.75, 3.05) is 18.6 Å². The highest BCUT2D eigenvalue weighted by Gasteiger charge is 2.38. The highest BCUT2D eigenvalue weighted by atomic mass is 35.5. The number of nitrogens with zero attached hydrogens (tertiary/aromatic N) is 4. The maximum absolute atomic E-state index is 11.9. The zero-order valence-corrected chi connectivity index (χ0v) is 14.2. The second-order valence-electron chi connectivity index (χ2n) is 5.31. The molecule has 1 saturated heterocycles. The van der Waals surface area contributed by atoms with Gasteiger partial charge < -0.3 is 14.7 Å². The molecule has 0 aliphatic carbocycles. The van der Waals surface area contributed by atoms with E-state index in [9.17, 15) is 9.90 Å². The molecule has 0 spiro atoms. The number of hydrogen-bond donors (Lipinski definition) is 1. The van der Waals surface area contributed by atoms with E-state index in [2.05, 4.69) is 15.0 Å². The first-order chi connectivity index (χ1) is 11.5. The number of rotatable bonds is 3. The molecular weight excluding hydrogens is 355 g/mol. The number of carbonyl (C=O) groups excluding carboxylic acids is 1. The summed E-state index contributed by atoms with van der Waals surface area (Å²) in [5, 5.41) is 10.8. The summed E-state index contributed by atoms with van der Waals surface area (Å²) in [5.74, 6) is 0.148. The fourth-order valence-electron chi connectivity index (χ4n) is 2.62. The lowest BCUT2D eigenvalue weighted by molar-refractivity contribution is -0.142. The maximum Gasteiger partial charge on any atom is 0.328 e. The quantitative estimate of drug-likeness (QED) is 0.828. The van der Waals surface area contributed by atoms with E-state index < -0.39 is 18.1 Å². The summed E-state index contributed by atoms with van der Waals surface area (Å²) in [6.45, 7) is 0.229. The largest absolute Gasteiger partial charge is 0.467 e. The number of carbonyl (C=O) groups is 1. The number of methoxy groups -OCH3 is 1. The second-order valence-corrected chi connectivity index (χ2v) is 6.16. The zero-order chi connectivity index (χ0) is 17.3. The Labute approximate surface area is 148 Å². The number of β-amino-alcohol motifs (C(OH)–C–C–N with tert-alkyl or cyclic N) is 1. The molecule has 126 valence electrons.